The highest BCUT2D eigenvalue weighted by Gasteiger charge is 2.55. The van der Waals surface area contributed by atoms with Gasteiger partial charge in [-0.25, -0.2) is 4.98 Å². The molecule has 7 heteroatoms. The van der Waals surface area contributed by atoms with Crippen LogP contribution in [0.15, 0.2) is 0 Å². The summed E-state index contributed by atoms with van der Waals surface area (Å²) in [5.74, 6) is -1.11. The minimum atomic E-state index is -0.854. The fraction of sp³-hybridized carbons (Fsp3) is 0.643. The predicted molar refractivity (Wildman–Crippen MR) is 76.5 cm³/mol. The zero-order chi connectivity index (χ0) is 15.2. The minimum absolute atomic E-state index is 0.132. The fourth-order valence-electron chi connectivity index (χ4n) is 3.33. The van der Waals surface area contributed by atoms with Crippen molar-refractivity contribution in [2.45, 2.75) is 20.3 Å². The van der Waals surface area contributed by atoms with Crippen LogP contribution >= 0.6 is 11.3 Å². The molecule has 1 aromatic rings. The predicted octanol–water partition coefficient (Wildman–Crippen LogP) is 1.32. The third-order valence-electron chi connectivity index (χ3n) is 4.53. The Kier molecular flexibility index (Phi) is 3.49. The van der Waals surface area contributed by atoms with E-state index in [4.69, 9.17) is 4.74 Å². The van der Waals surface area contributed by atoms with Crippen LogP contribution < -0.4 is 0 Å². The highest BCUT2D eigenvalue weighted by molar-refractivity contribution is 7.11. The van der Waals surface area contributed by atoms with Gasteiger partial charge in [0.25, 0.3) is 5.91 Å². The van der Waals surface area contributed by atoms with E-state index in [-0.39, 0.29) is 18.4 Å². The fourth-order valence-corrected chi connectivity index (χ4v) is 4.14. The summed E-state index contributed by atoms with van der Waals surface area (Å²) in [7, 11) is 0. The van der Waals surface area contributed by atoms with Gasteiger partial charge < -0.3 is 14.7 Å². The molecule has 1 aromatic heterocycles. The Morgan fingerprint density at radius 2 is 2.24 bits per heavy atom. The standard InChI is InChI=1S/C14H18N2O4S/c1-8-11(15-9(2)21-8)12(17)16-5-10-6-20-4-3-14(10,7-16)13(18)19/h10H,3-7H2,1-2H3,(H,18,19)/t10-,14+/m0/s1. The second-order valence-corrected chi connectivity index (χ2v) is 7.21. The van der Waals surface area contributed by atoms with Crippen molar-refractivity contribution in [3.8, 4) is 0 Å². The number of carboxylic acids is 1. The van der Waals surface area contributed by atoms with E-state index in [0.29, 0.717) is 31.9 Å². The largest absolute Gasteiger partial charge is 0.481 e. The first-order chi connectivity index (χ1) is 9.94. The molecule has 1 N–H and O–H groups in total. The summed E-state index contributed by atoms with van der Waals surface area (Å²) in [6.07, 6.45) is 0.464. The lowest BCUT2D eigenvalue weighted by atomic mass is 9.74. The molecule has 2 atom stereocenters. The van der Waals surface area contributed by atoms with Crippen molar-refractivity contribution in [2.24, 2.45) is 11.3 Å². The highest BCUT2D eigenvalue weighted by atomic mass is 32.1. The number of rotatable bonds is 2. The molecule has 0 bridgehead atoms. The molecule has 2 fully saturated rings. The average molecular weight is 310 g/mol. The number of carbonyl (C=O) groups is 2. The quantitative estimate of drug-likeness (QED) is 0.891. The van der Waals surface area contributed by atoms with Crippen LogP contribution in [0.1, 0.15) is 26.8 Å². The van der Waals surface area contributed by atoms with Gasteiger partial charge in [-0.2, -0.15) is 0 Å². The molecule has 2 aliphatic heterocycles. The van der Waals surface area contributed by atoms with Gasteiger partial charge in [0.1, 0.15) is 5.69 Å². The number of carboxylic acid groups (broad SMARTS) is 1. The molecule has 0 unspecified atom stereocenters. The van der Waals surface area contributed by atoms with Crippen molar-refractivity contribution in [1.82, 2.24) is 9.88 Å². The Hall–Kier alpha value is -1.47. The van der Waals surface area contributed by atoms with E-state index >= 15 is 0 Å². The number of amides is 1. The summed E-state index contributed by atoms with van der Waals surface area (Å²) in [5, 5.41) is 10.5. The number of aromatic nitrogens is 1. The maximum atomic E-state index is 12.6. The molecule has 3 rings (SSSR count). The van der Waals surface area contributed by atoms with E-state index in [9.17, 15) is 14.7 Å². The minimum Gasteiger partial charge on any atom is -0.481 e. The SMILES string of the molecule is Cc1nc(C(=O)N2C[C@H]3COCC[C@@]3(C(=O)O)C2)c(C)s1. The summed E-state index contributed by atoms with van der Waals surface area (Å²) >= 11 is 1.49. The molecule has 3 heterocycles. The van der Waals surface area contributed by atoms with Crippen LogP contribution in [0.4, 0.5) is 0 Å². The Morgan fingerprint density at radius 1 is 1.48 bits per heavy atom. The summed E-state index contributed by atoms with van der Waals surface area (Å²) in [5.41, 5.74) is -0.398. The lowest BCUT2D eigenvalue weighted by molar-refractivity contribution is -0.157. The van der Waals surface area contributed by atoms with E-state index in [1.807, 2.05) is 13.8 Å². The Bertz CT molecular complexity index is 600. The number of nitrogens with zero attached hydrogens (tertiary/aromatic N) is 2. The van der Waals surface area contributed by atoms with Gasteiger partial charge in [-0.15, -0.1) is 11.3 Å². The van der Waals surface area contributed by atoms with Crippen LogP contribution in [-0.4, -0.2) is 53.2 Å². The Balaban J connectivity index is 1.87. The van der Waals surface area contributed by atoms with Gasteiger partial charge in [0.2, 0.25) is 0 Å². The number of carbonyl (C=O) groups excluding carboxylic acids is 1. The zero-order valence-electron chi connectivity index (χ0n) is 12.1. The number of aryl methyl sites for hydroxylation is 2. The molecule has 0 aromatic carbocycles. The molecular formula is C14H18N2O4S. The van der Waals surface area contributed by atoms with Gasteiger partial charge in [-0.1, -0.05) is 0 Å². The van der Waals surface area contributed by atoms with E-state index in [1.54, 1.807) is 4.90 Å². The number of thiazole rings is 1. The van der Waals surface area contributed by atoms with E-state index in [0.717, 1.165) is 9.88 Å². The highest BCUT2D eigenvalue weighted by Crippen LogP contribution is 2.43. The van der Waals surface area contributed by atoms with Gasteiger partial charge in [0.15, 0.2) is 0 Å². The van der Waals surface area contributed by atoms with Crippen molar-refractivity contribution in [2.75, 3.05) is 26.3 Å². The van der Waals surface area contributed by atoms with Crippen molar-refractivity contribution in [1.29, 1.82) is 0 Å². The average Bonchev–Trinajstić information content (AvgIpc) is 2.99. The second kappa shape index (κ2) is 5.06. The van der Waals surface area contributed by atoms with Crippen LogP contribution in [0, 0.1) is 25.2 Å². The first-order valence-corrected chi connectivity index (χ1v) is 7.80. The second-order valence-electron chi connectivity index (χ2n) is 5.81. The number of aliphatic carboxylic acids is 1. The van der Waals surface area contributed by atoms with Crippen LogP contribution in [0.25, 0.3) is 0 Å². The summed E-state index contributed by atoms with van der Waals surface area (Å²) in [6, 6.07) is 0. The smallest absolute Gasteiger partial charge is 0.311 e. The topological polar surface area (TPSA) is 79.7 Å². The number of likely N-dealkylation sites (tertiary alicyclic amines) is 1. The maximum Gasteiger partial charge on any atom is 0.311 e. The molecule has 0 saturated carbocycles. The maximum absolute atomic E-state index is 12.6. The van der Waals surface area contributed by atoms with Crippen molar-refractivity contribution >= 4 is 23.2 Å². The monoisotopic (exact) mass is 310 g/mol. The van der Waals surface area contributed by atoms with Gasteiger partial charge in [-0.3, -0.25) is 9.59 Å². The van der Waals surface area contributed by atoms with Crippen molar-refractivity contribution in [3.05, 3.63) is 15.6 Å². The molecule has 2 aliphatic rings. The first-order valence-electron chi connectivity index (χ1n) is 6.98. The molecule has 2 saturated heterocycles. The number of ether oxygens (including phenoxy) is 1. The van der Waals surface area contributed by atoms with Crippen LogP contribution in [0.2, 0.25) is 0 Å². The number of fused-ring (bicyclic) bond motifs is 1. The van der Waals surface area contributed by atoms with Crippen LogP contribution in [0.5, 0.6) is 0 Å². The van der Waals surface area contributed by atoms with Gasteiger partial charge in [0, 0.05) is 30.5 Å². The molecule has 21 heavy (non-hydrogen) atoms. The normalized spacial score (nSPS) is 28.5. The van der Waals surface area contributed by atoms with Crippen molar-refractivity contribution < 1.29 is 19.4 Å². The molecule has 0 spiro atoms. The Morgan fingerprint density at radius 3 is 2.81 bits per heavy atom. The van der Waals surface area contributed by atoms with E-state index in [1.165, 1.54) is 11.3 Å². The molecule has 0 radical (unpaired) electrons. The number of hydrogen-bond donors (Lipinski definition) is 1. The van der Waals surface area contributed by atoms with E-state index in [2.05, 4.69) is 4.98 Å². The summed E-state index contributed by atoms with van der Waals surface area (Å²) in [4.78, 5) is 31.2. The molecule has 0 aliphatic carbocycles. The summed E-state index contributed by atoms with van der Waals surface area (Å²) in [6.45, 7) is 5.28. The number of hydrogen-bond acceptors (Lipinski definition) is 5. The third kappa shape index (κ3) is 2.24. The van der Waals surface area contributed by atoms with Gasteiger partial charge >= 0.3 is 5.97 Å². The van der Waals surface area contributed by atoms with Crippen molar-refractivity contribution in [3.63, 3.8) is 0 Å². The first kappa shape index (κ1) is 14.5. The van der Waals surface area contributed by atoms with E-state index < -0.39 is 11.4 Å². The summed E-state index contributed by atoms with van der Waals surface area (Å²) < 4.78 is 5.41. The molecule has 1 amide bonds. The lowest BCUT2D eigenvalue weighted by Gasteiger charge is -2.33. The van der Waals surface area contributed by atoms with Gasteiger partial charge in [0.05, 0.1) is 17.0 Å². The lowest BCUT2D eigenvalue weighted by Crippen LogP contribution is -2.45. The van der Waals surface area contributed by atoms with Gasteiger partial charge in [-0.05, 0) is 20.3 Å². The zero-order valence-corrected chi connectivity index (χ0v) is 12.9. The molecule has 114 valence electrons. The van der Waals surface area contributed by atoms with Crippen LogP contribution in [-0.2, 0) is 9.53 Å². The third-order valence-corrected chi connectivity index (χ3v) is 5.41. The Labute approximate surface area is 126 Å². The molecule has 6 nitrogen and oxygen atoms in total. The van der Waals surface area contributed by atoms with Crippen LogP contribution in [0.3, 0.4) is 0 Å². The molecular weight excluding hydrogens is 292 g/mol.